The number of hydrogen-bond donors (Lipinski definition) is 3. The van der Waals surface area contributed by atoms with Gasteiger partial charge in [-0.1, -0.05) is 0 Å². The summed E-state index contributed by atoms with van der Waals surface area (Å²) >= 11 is 0. The molecule has 0 atom stereocenters. The average molecular weight is 168 g/mol. The molecule has 0 amide bonds. The second-order valence-corrected chi connectivity index (χ2v) is 1.41. The Morgan fingerprint density at radius 2 is 2.00 bits per heavy atom. The number of nitrogens with two attached hydrogens (primary N) is 1. The summed E-state index contributed by atoms with van der Waals surface area (Å²) in [4.78, 5) is 0. The zero-order valence-corrected chi connectivity index (χ0v) is 5.39. The van der Waals surface area contributed by atoms with E-state index in [9.17, 15) is 13.2 Å². The van der Waals surface area contributed by atoms with Crippen LogP contribution in [-0.4, -0.2) is 16.5 Å². The first kappa shape index (κ1) is 9.92. The van der Waals surface area contributed by atoms with Gasteiger partial charge < -0.3 is 0 Å². The monoisotopic (exact) mass is 168 g/mol. The number of nitrogens with one attached hydrogen (secondary N) is 2. The van der Waals surface area contributed by atoms with E-state index in [1.807, 2.05) is 6.07 Å². The molecule has 64 valence electrons. The lowest BCUT2D eigenvalue weighted by atomic mass is 10.8. The first-order valence-corrected chi connectivity index (χ1v) is 2.54. The molecule has 4 nitrogen and oxygen atoms in total. The Morgan fingerprint density at radius 3 is 2.09 bits per heavy atom. The summed E-state index contributed by atoms with van der Waals surface area (Å²) in [6.07, 6.45) is -0.972. The van der Waals surface area contributed by atoms with Crippen LogP contribution < -0.4 is 11.3 Å². The molecule has 0 spiro atoms. The predicted molar refractivity (Wildman–Crippen MR) is 32.0 cm³/mol. The number of aromatic nitrogens is 2. The van der Waals surface area contributed by atoms with E-state index in [1.165, 1.54) is 0 Å². The van der Waals surface area contributed by atoms with Gasteiger partial charge in [0.25, 0.3) is 0 Å². The lowest BCUT2D eigenvalue weighted by Crippen LogP contribution is -2.37. The molecule has 11 heavy (non-hydrogen) atoms. The minimum atomic E-state index is -4.43. The molecule has 0 aliphatic heterocycles. The number of nitrogens with zero attached hydrogens (tertiary/aromatic N) is 1. The van der Waals surface area contributed by atoms with Crippen molar-refractivity contribution in [1.82, 2.24) is 15.6 Å². The highest BCUT2D eigenvalue weighted by Crippen LogP contribution is 2.05. The molecule has 0 aliphatic rings. The molecular formula is C4H7F3N4. The van der Waals surface area contributed by atoms with E-state index in [4.69, 9.17) is 0 Å². The van der Waals surface area contributed by atoms with Gasteiger partial charge in [0.2, 0.25) is 0 Å². The second kappa shape index (κ2) is 4.69. The van der Waals surface area contributed by atoms with Crippen LogP contribution in [0.25, 0.3) is 0 Å². The number of alkyl halides is 3. The smallest absolute Gasteiger partial charge is 0.286 e. The molecule has 1 aromatic rings. The quantitative estimate of drug-likeness (QED) is 0.298. The van der Waals surface area contributed by atoms with E-state index in [-0.39, 0.29) is 0 Å². The highest BCUT2D eigenvalue weighted by Gasteiger charge is 2.23. The first-order valence-electron chi connectivity index (χ1n) is 2.54. The molecule has 0 unspecified atom stereocenters. The minimum absolute atomic E-state index is 0.604. The molecule has 1 heterocycles. The normalized spacial score (nSPS) is 10.2. The van der Waals surface area contributed by atoms with Crippen molar-refractivity contribution in [2.24, 2.45) is 5.84 Å². The molecule has 0 radical (unpaired) electrons. The van der Waals surface area contributed by atoms with E-state index in [0.29, 0.717) is 5.43 Å². The molecule has 0 saturated carbocycles. The van der Waals surface area contributed by atoms with Crippen LogP contribution in [0.15, 0.2) is 18.5 Å². The van der Waals surface area contributed by atoms with Crippen LogP contribution in [0.5, 0.6) is 0 Å². The fraction of sp³-hybridized carbons (Fsp3) is 0.250. The van der Waals surface area contributed by atoms with Crippen molar-refractivity contribution >= 4 is 0 Å². The molecule has 0 saturated heterocycles. The Bertz CT molecular complexity index is 141. The molecule has 1 rings (SSSR count). The minimum Gasteiger partial charge on any atom is -0.286 e. The number of halogens is 3. The highest BCUT2D eigenvalue weighted by molar-refractivity contribution is 4.72. The maximum atomic E-state index is 10.5. The van der Waals surface area contributed by atoms with Crippen LogP contribution in [0.4, 0.5) is 13.2 Å². The fourth-order valence-electron chi connectivity index (χ4n) is 0.215. The first-order chi connectivity index (χ1) is 5.06. The standard InChI is InChI=1S/C3H4N2.CH3F3N2/c1-2-4-5-3-1;2-1(3,4)6-5/h1-3H,(H,4,5);6H,5H2. The van der Waals surface area contributed by atoms with Crippen molar-refractivity contribution in [2.45, 2.75) is 6.30 Å². The Balaban J connectivity index is 0.000000183. The maximum absolute atomic E-state index is 10.5. The molecule has 0 fully saturated rings. The summed E-state index contributed by atoms with van der Waals surface area (Å²) in [6.45, 7) is 0. The third-order valence-corrected chi connectivity index (χ3v) is 0.570. The average Bonchev–Trinajstić information content (AvgIpc) is 2.41. The third-order valence-electron chi connectivity index (χ3n) is 0.570. The van der Waals surface area contributed by atoms with E-state index in [0.717, 1.165) is 0 Å². The van der Waals surface area contributed by atoms with Gasteiger partial charge in [0.15, 0.2) is 0 Å². The van der Waals surface area contributed by atoms with Gasteiger partial charge in [-0.05, 0) is 6.07 Å². The second-order valence-electron chi connectivity index (χ2n) is 1.41. The van der Waals surface area contributed by atoms with Crippen molar-refractivity contribution < 1.29 is 13.2 Å². The molecule has 0 aliphatic carbocycles. The Labute approximate surface area is 60.6 Å². The van der Waals surface area contributed by atoms with Gasteiger partial charge in [0.05, 0.1) is 0 Å². The summed E-state index contributed by atoms with van der Waals surface area (Å²) in [6, 6.07) is 1.83. The predicted octanol–water partition coefficient (Wildman–Crippen LogP) is 0.379. The van der Waals surface area contributed by atoms with Gasteiger partial charge in [-0.15, -0.1) is 0 Å². The summed E-state index contributed by atoms with van der Waals surface area (Å²) < 4.78 is 31.6. The Morgan fingerprint density at radius 1 is 1.45 bits per heavy atom. The van der Waals surface area contributed by atoms with E-state index in [1.54, 1.807) is 12.4 Å². The topological polar surface area (TPSA) is 66.7 Å². The van der Waals surface area contributed by atoms with Crippen LogP contribution in [0.2, 0.25) is 0 Å². The van der Waals surface area contributed by atoms with Gasteiger partial charge in [-0.3, -0.25) is 10.9 Å². The number of aromatic amines is 1. The lowest BCUT2D eigenvalue weighted by Gasteiger charge is -1.98. The summed E-state index contributed by atoms with van der Waals surface area (Å²) in [5.74, 6) is 3.93. The van der Waals surface area contributed by atoms with Crippen molar-refractivity contribution in [3.63, 3.8) is 0 Å². The summed E-state index contributed by atoms with van der Waals surface area (Å²) in [5.41, 5.74) is 0.604. The number of rotatable bonds is 0. The Kier molecular flexibility index (Phi) is 4.23. The molecular weight excluding hydrogens is 161 g/mol. The van der Waals surface area contributed by atoms with E-state index < -0.39 is 6.30 Å². The van der Waals surface area contributed by atoms with Crippen LogP contribution >= 0.6 is 0 Å². The van der Waals surface area contributed by atoms with Gasteiger partial charge in [0, 0.05) is 12.4 Å². The van der Waals surface area contributed by atoms with Crippen LogP contribution in [0.3, 0.4) is 0 Å². The van der Waals surface area contributed by atoms with E-state index >= 15 is 0 Å². The largest absolute Gasteiger partial charge is 0.470 e. The maximum Gasteiger partial charge on any atom is 0.470 e. The molecule has 4 N–H and O–H groups in total. The van der Waals surface area contributed by atoms with Gasteiger partial charge in [0.1, 0.15) is 0 Å². The summed E-state index contributed by atoms with van der Waals surface area (Å²) in [7, 11) is 0. The number of H-pyrrole nitrogens is 1. The zero-order chi connectivity index (χ0) is 8.74. The van der Waals surface area contributed by atoms with Crippen LogP contribution in [0, 0.1) is 0 Å². The SMILES string of the molecule is NNC(F)(F)F.c1cn[nH]c1. The van der Waals surface area contributed by atoms with Crippen molar-refractivity contribution in [3.05, 3.63) is 18.5 Å². The number of hydrazine groups is 1. The van der Waals surface area contributed by atoms with Crippen molar-refractivity contribution in [2.75, 3.05) is 0 Å². The number of hydrogen-bond acceptors (Lipinski definition) is 3. The van der Waals surface area contributed by atoms with Gasteiger partial charge in [-0.25, -0.2) is 0 Å². The van der Waals surface area contributed by atoms with E-state index in [2.05, 4.69) is 16.0 Å². The third kappa shape index (κ3) is 8.92. The molecule has 1 aromatic heterocycles. The molecule has 0 aromatic carbocycles. The van der Waals surface area contributed by atoms with Gasteiger partial charge >= 0.3 is 6.30 Å². The Hall–Kier alpha value is -1.08. The van der Waals surface area contributed by atoms with Crippen molar-refractivity contribution in [3.8, 4) is 0 Å². The van der Waals surface area contributed by atoms with Crippen LogP contribution in [-0.2, 0) is 0 Å². The molecule has 0 bridgehead atoms. The fourth-order valence-corrected chi connectivity index (χ4v) is 0.215. The van der Waals surface area contributed by atoms with Crippen molar-refractivity contribution in [1.29, 1.82) is 0 Å². The highest BCUT2D eigenvalue weighted by atomic mass is 19.4. The molecule has 7 heteroatoms. The zero-order valence-electron chi connectivity index (χ0n) is 5.39. The lowest BCUT2D eigenvalue weighted by molar-refractivity contribution is -0.157. The van der Waals surface area contributed by atoms with Gasteiger partial charge in [-0.2, -0.15) is 23.7 Å². The van der Waals surface area contributed by atoms with Crippen LogP contribution in [0.1, 0.15) is 0 Å². The summed E-state index contributed by atoms with van der Waals surface area (Å²) in [5, 5.41) is 6.21.